The first-order chi connectivity index (χ1) is 9.60. The van der Waals surface area contributed by atoms with Gasteiger partial charge in [0.25, 0.3) is 0 Å². The minimum Gasteiger partial charge on any atom is -0.493 e. The highest BCUT2D eigenvalue weighted by molar-refractivity contribution is 5.43. The molecule has 3 atom stereocenters. The Morgan fingerprint density at radius 1 is 1.35 bits per heavy atom. The number of nitrogens with one attached hydrogen (secondary N) is 1. The molecule has 3 rings (SSSR count). The van der Waals surface area contributed by atoms with Crippen molar-refractivity contribution in [3.63, 3.8) is 0 Å². The van der Waals surface area contributed by atoms with Crippen molar-refractivity contribution < 1.29 is 9.47 Å². The smallest absolute Gasteiger partial charge is 0.126 e. The van der Waals surface area contributed by atoms with Gasteiger partial charge in [-0.15, -0.1) is 0 Å². The molecular formula is C17H25NO2. The highest BCUT2D eigenvalue weighted by atomic mass is 16.5. The molecule has 0 spiro atoms. The van der Waals surface area contributed by atoms with Crippen LogP contribution < -0.4 is 10.1 Å². The van der Waals surface area contributed by atoms with Crippen molar-refractivity contribution in [1.29, 1.82) is 0 Å². The zero-order valence-electron chi connectivity index (χ0n) is 12.7. The number of fused-ring (bicyclic) bond motifs is 1. The first-order valence-electron chi connectivity index (χ1n) is 7.72. The molecule has 3 heteroatoms. The summed E-state index contributed by atoms with van der Waals surface area (Å²) >= 11 is 0. The SMILES string of the molecule is Cc1cccc2c1OCC[C@@H]2NC(C)C1(C)CCCO1. The molecule has 2 heterocycles. The molecule has 110 valence electrons. The summed E-state index contributed by atoms with van der Waals surface area (Å²) in [5.74, 6) is 1.07. The zero-order valence-corrected chi connectivity index (χ0v) is 12.7. The van der Waals surface area contributed by atoms with Crippen molar-refractivity contribution in [2.45, 2.75) is 57.7 Å². The number of ether oxygens (including phenoxy) is 2. The molecule has 1 fully saturated rings. The van der Waals surface area contributed by atoms with Crippen LogP contribution in [0.15, 0.2) is 18.2 Å². The van der Waals surface area contributed by atoms with E-state index in [2.05, 4.69) is 44.3 Å². The Morgan fingerprint density at radius 2 is 2.20 bits per heavy atom. The maximum Gasteiger partial charge on any atom is 0.126 e. The molecule has 1 aromatic rings. The van der Waals surface area contributed by atoms with Crippen LogP contribution in [0.5, 0.6) is 5.75 Å². The molecule has 3 nitrogen and oxygen atoms in total. The van der Waals surface area contributed by atoms with E-state index in [0.717, 1.165) is 31.8 Å². The van der Waals surface area contributed by atoms with Crippen molar-refractivity contribution in [1.82, 2.24) is 5.32 Å². The second-order valence-electron chi connectivity index (χ2n) is 6.34. The summed E-state index contributed by atoms with van der Waals surface area (Å²) in [6.07, 6.45) is 3.34. The van der Waals surface area contributed by atoms with Crippen LogP contribution in [0.1, 0.15) is 50.3 Å². The Hall–Kier alpha value is -1.06. The quantitative estimate of drug-likeness (QED) is 0.917. The number of benzene rings is 1. The van der Waals surface area contributed by atoms with Crippen molar-refractivity contribution in [2.24, 2.45) is 0 Å². The van der Waals surface area contributed by atoms with E-state index in [-0.39, 0.29) is 5.60 Å². The fourth-order valence-electron chi connectivity index (χ4n) is 3.37. The summed E-state index contributed by atoms with van der Waals surface area (Å²) in [7, 11) is 0. The minimum atomic E-state index is -0.0255. The summed E-state index contributed by atoms with van der Waals surface area (Å²) in [4.78, 5) is 0. The van der Waals surface area contributed by atoms with Crippen LogP contribution in [0.3, 0.4) is 0 Å². The van der Waals surface area contributed by atoms with Crippen molar-refractivity contribution in [3.8, 4) is 5.75 Å². The predicted octanol–water partition coefficient (Wildman–Crippen LogP) is 3.37. The Bertz CT molecular complexity index is 480. The summed E-state index contributed by atoms with van der Waals surface area (Å²) in [6.45, 7) is 8.28. The lowest BCUT2D eigenvalue weighted by Crippen LogP contribution is -2.48. The van der Waals surface area contributed by atoms with Gasteiger partial charge in [0.05, 0.1) is 12.2 Å². The van der Waals surface area contributed by atoms with Crippen LogP contribution in [-0.2, 0) is 4.74 Å². The minimum absolute atomic E-state index is 0.0255. The summed E-state index contributed by atoms with van der Waals surface area (Å²) in [5.41, 5.74) is 2.50. The van der Waals surface area contributed by atoms with E-state index >= 15 is 0 Å². The fraction of sp³-hybridized carbons (Fsp3) is 0.647. The summed E-state index contributed by atoms with van der Waals surface area (Å²) in [6, 6.07) is 7.14. The Labute approximate surface area is 121 Å². The third-order valence-electron chi connectivity index (χ3n) is 4.89. The second-order valence-corrected chi connectivity index (χ2v) is 6.34. The van der Waals surface area contributed by atoms with Gasteiger partial charge in [-0.2, -0.15) is 0 Å². The third kappa shape index (κ3) is 2.45. The van der Waals surface area contributed by atoms with E-state index in [9.17, 15) is 0 Å². The lowest BCUT2D eigenvalue weighted by Gasteiger charge is -2.36. The van der Waals surface area contributed by atoms with Gasteiger partial charge in [-0.05, 0) is 39.2 Å². The molecular weight excluding hydrogens is 250 g/mol. The van der Waals surface area contributed by atoms with Crippen LogP contribution in [-0.4, -0.2) is 24.9 Å². The molecule has 0 bridgehead atoms. The highest BCUT2D eigenvalue weighted by Crippen LogP contribution is 2.36. The van der Waals surface area contributed by atoms with Gasteiger partial charge < -0.3 is 14.8 Å². The molecule has 0 amide bonds. The Kier molecular flexibility index (Phi) is 3.74. The molecule has 0 aliphatic carbocycles. The van der Waals surface area contributed by atoms with Crippen molar-refractivity contribution >= 4 is 0 Å². The maximum atomic E-state index is 5.96. The van der Waals surface area contributed by atoms with Gasteiger partial charge in [0.2, 0.25) is 0 Å². The lowest BCUT2D eigenvalue weighted by molar-refractivity contribution is -0.0109. The fourth-order valence-corrected chi connectivity index (χ4v) is 3.37. The van der Waals surface area contributed by atoms with Crippen LogP contribution in [0, 0.1) is 6.92 Å². The van der Waals surface area contributed by atoms with Gasteiger partial charge in [0.15, 0.2) is 0 Å². The zero-order chi connectivity index (χ0) is 14.2. The number of hydrogen-bond donors (Lipinski definition) is 1. The molecule has 0 radical (unpaired) electrons. The van der Waals surface area contributed by atoms with Gasteiger partial charge in [0, 0.05) is 30.7 Å². The van der Waals surface area contributed by atoms with E-state index in [1.165, 1.54) is 17.5 Å². The summed E-state index contributed by atoms with van der Waals surface area (Å²) in [5, 5.41) is 3.78. The van der Waals surface area contributed by atoms with Gasteiger partial charge >= 0.3 is 0 Å². The van der Waals surface area contributed by atoms with Gasteiger partial charge in [-0.3, -0.25) is 0 Å². The molecule has 2 unspecified atom stereocenters. The first-order valence-corrected chi connectivity index (χ1v) is 7.72. The number of hydrogen-bond acceptors (Lipinski definition) is 3. The highest BCUT2D eigenvalue weighted by Gasteiger charge is 2.37. The second kappa shape index (κ2) is 5.38. The normalized spacial score (nSPS) is 30.6. The molecule has 1 saturated heterocycles. The monoisotopic (exact) mass is 275 g/mol. The molecule has 1 aromatic carbocycles. The lowest BCUT2D eigenvalue weighted by atomic mass is 9.91. The maximum absolute atomic E-state index is 5.96. The largest absolute Gasteiger partial charge is 0.493 e. The van der Waals surface area contributed by atoms with Crippen LogP contribution >= 0.6 is 0 Å². The van der Waals surface area contributed by atoms with Gasteiger partial charge in [0.1, 0.15) is 5.75 Å². The summed E-state index contributed by atoms with van der Waals surface area (Å²) < 4.78 is 11.8. The third-order valence-corrected chi connectivity index (χ3v) is 4.89. The van der Waals surface area contributed by atoms with Gasteiger partial charge in [-0.1, -0.05) is 18.2 Å². The molecule has 2 aliphatic heterocycles. The molecule has 20 heavy (non-hydrogen) atoms. The predicted molar refractivity (Wildman–Crippen MR) is 80.2 cm³/mol. The van der Waals surface area contributed by atoms with Crippen LogP contribution in [0.2, 0.25) is 0 Å². The number of aryl methyl sites for hydroxylation is 1. The van der Waals surface area contributed by atoms with Crippen LogP contribution in [0.4, 0.5) is 0 Å². The molecule has 2 aliphatic rings. The van der Waals surface area contributed by atoms with E-state index in [0.29, 0.717) is 12.1 Å². The first kappa shape index (κ1) is 13.9. The molecule has 1 N–H and O–H groups in total. The average Bonchev–Trinajstić information content (AvgIpc) is 2.88. The standard InChI is InChI=1S/C17H25NO2/c1-12-6-4-7-14-15(8-11-19-16(12)14)18-13(2)17(3)9-5-10-20-17/h4,6-7,13,15,18H,5,8-11H2,1-3H3/t13?,15-,17?/m0/s1. The van der Waals surface area contributed by atoms with Crippen molar-refractivity contribution in [3.05, 3.63) is 29.3 Å². The number of rotatable bonds is 3. The molecule has 0 saturated carbocycles. The number of para-hydroxylation sites is 1. The van der Waals surface area contributed by atoms with Crippen molar-refractivity contribution in [2.75, 3.05) is 13.2 Å². The van der Waals surface area contributed by atoms with E-state index in [1.807, 2.05) is 0 Å². The van der Waals surface area contributed by atoms with Gasteiger partial charge in [-0.25, -0.2) is 0 Å². The topological polar surface area (TPSA) is 30.5 Å². The molecule has 0 aromatic heterocycles. The average molecular weight is 275 g/mol. The Morgan fingerprint density at radius 3 is 2.95 bits per heavy atom. The Balaban J connectivity index is 1.78. The van der Waals surface area contributed by atoms with E-state index in [1.54, 1.807) is 0 Å². The van der Waals surface area contributed by atoms with Crippen LogP contribution in [0.25, 0.3) is 0 Å². The van der Waals surface area contributed by atoms with E-state index in [4.69, 9.17) is 9.47 Å². The van der Waals surface area contributed by atoms with E-state index < -0.39 is 0 Å².